The molecule has 0 aromatic heterocycles. The molecular weight excluding hydrogens is 298 g/mol. The molecule has 0 aliphatic carbocycles. The highest BCUT2D eigenvalue weighted by molar-refractivity contribution is 5.85. The van der Waals surface area contributed by atoms with Crippen LogP contribution in [0.25, 0.3) is 0 Å². The van der Waals surface area contributed by atoms with E-state index < -0.39 is 12.0 Å². The first-order valence-electron chi connectivity index (χ1n) is 7.65. The van der Waals surface area contributed by atoms with Crippen LogP contribution in [0.5, 0.6) is 5.75 Å². The Kier molecular flexibility index (Phi) is 5.60. The quantitative estimate of drug-likeness (QED) is 0.861. The minimum atomic E-state index is -0.977. The molecule has 1 fully saturated rings. The van der Waals surface area contributed by atoms with Crippen molar-refractivity contribution in [3.63, 3.8) is 0 Å². The van der Waals surface area contributed by atoms with Gasteiger partial charge in [0.15, 0.2) is 0 Å². The van der Waals surface area contributed by atoms with E-state index in [1.54, 1.807) is 14.2 Å². The molecule has 126 valence electrons. The number of methoxy groups -OCH3 is 2. The Morgan fingerprint density at radius 1 is 1.30 bits per heavy atom. The van der Waals surface area contributed by atoms with Crippen molar-refractivity contribution in [2.75, 3.05) is 20.8 Å². The zero-order chi connectivity index (χ0) is 17.0. The third-order valence-corrected chi connectivity index (χ3v) is 4.29. The zero-order valence-electron chi connectivity index (χ0n) is 13.7. The molecule has 1 N–H and O–H groups in total. The van der Waals surface area contributed by atoms with Gasteiger partial charge in [-0.2, -0.15) is 0 Å². The van der Waals surface area contributed by atoms with E-state index in [1.165, 1.54) is 4.90 Å². The van der Waals surface area contributed by atoms with Gasteiger partial charge in [-0.1, -0.05) is 19.1 Å². The number of benzene rings is 1. The first-order chi connectivity index (χ1) is 11.0. The molecule has 1 aromatic rings. The summed E-state index contributed by atoms with van der Waals surface area (Å²) in [5.74, 6) is -0.649. The highest BCUT2D eigenvalue weighted by atomic mass is 16.5. The van der Waals surface area contributed by atoms with Gasteiger partial charge in [0, 0.05) is 26.0 Å². The highest BCUT2D eigenvalue weighted by Crippen LogP contribution is 2.24. The molecule has 1 aliphatic rings. The Hall–Kier alpha value is -2.08. The van der Waals surface area contributed by atoms with Crippen LogP contribution >= 0.6 is 0 Å². The van der Waals surface area contributed by atoms with E-state index in [9.17, 15) is 14.7 Å². The average molecular weight is 321 g/mol. The van der Waals surface area contributed by atoms with E-state index in [2.05, 4.69) is 0 Å². The lowest BCUT2D eigenvalue weighted by Gasteiger charge is -2.25. The number of aliphatic carboxylic acids is 1. The number of hydrogen-bond acceptors (Lipinski definition) is 4. The maximum Gasteiger partial charge on any atom is 0.326 e. The summed E-state index contributed by atoms with van der Waals surface area (Å²) in [7, 11) is 3.14. The molecule has 1 aromatic carbocycles. The van der Waals surface area contributed by atoms with Crippen LogP contribution in [0.15, 0.2) is 24.3 Å². The van der Waals surface area contributed by atoms with Gasteiger partial charge in [0.1, 0.15) is 11.8 Å². The highest BCUT2D eigenvalue weighted by Gasteiger charge is 2.40. The lowest BCUT2D eigenvalue weighted by molar-refractivity contribution is -0.149. The molecule has 1 aliphatic heterocycles. The van der Waals surface area contributed by atoms with Crippen LogP contribution < -0.4 is 4.74 Å². The first-order valence-corrected chi connectivity index (χ1v) is 7.65. The predicted molar refractivity (Wildman–Crippen MR) is 84.4 cm³/mol. The Morgan fingerprint density at radius 2 is 1.96 bits per heavy atom. The lowest BCUT2D eigenvalue weighted by Crippen LogP contribution is -2.43. The monoisotopic (exact) mass is 321 g/mol. The number of carbonyl (C=O) groups is 2. The van der Waals surface area contributed by atoms with Crippen LogP contribution in [-0.2, 0) is 20.7 Å². The Bertz CT molecular complexity index is 557. The fourth-order valence-electron chi connectivity index (χ4n) is 2.93. The topological polar surface area (TPSA) is 76.1 Å². The molecule has 2 rings (SSSR count). The summed E-state index contributed by atoms with van der Waals surface area (Å²) in [6, 6.07) is 6.73. The van der Waals surface area contributed by atoms with Gasteiger partial charge >= 0.3 is 5.97 Å². The number of ether oxygens (including phenoxy) is 2. The second kappa shape index (κ2) is 7.46. The molecule has 1 heterocycles. The van der Waals surface area contributed by atoms with Crippen molar-refractivity contribution in [3.8, 4) is 5.75 Å². The molecule has 0 saturated carbocycles. The van der Waals surface area contributed by atoms with Crippen molar-refractivity contribution in [3.05, 3.63) is 29.8 Å². The molecule has 0 radical (unpaired) electrons. The fraction of sp³-hybridized carbons (Fsp3) is 0.529. The van der Waals surface area contributed by atoms with Gasteiger partial charge in [-0.3, -0.25) is 4.79 Å². The van der Waals surface area contributed by atoms with Gasteiger partial charge < -0.3 is 19.5 Å². The largest absolute Gasteiger partial charge is 0.497 e. The number of likely N-dealkylation sites (tertiary alicyclic amines) is 1. The van der Waals surface area contributed by atoms with Gasteiger partial charge in [-0.25, -0.2) is 4.79 Å². The molecular formula is C17H23NO5. The standard InChI is InChI=1S/C17H23NO5/c1-11(8-12-4-6-13(22-2)7-5-12)16(19)18-10-14(23-3)9-15(18)17(20)21/h4-7,11,14-15H,8-10H2,1-3H3,(H,20,21). The molecule has 1 saturated heterocycles. The van der Waals surface area contributed by atoms with Crippen molar-refractivity contribution < 1.29 is 24.2 Å². The number of rotatable bonds is 6. The zero-order valence-corrected chi connectivity index (χ0v) is 13.7. The number of nitrogens with zero attached hydrogens (tertiary/aromatic N) is 1. The van der Waals surface area contributed by atoms with Gasteiger partial charge in [0.2, 0.25) is 5.91 Å². The summed E-state index contributed by atoms with van der Waals surface area (Å²) in [5, 5.41) is 9.31. The van der Waals surface area contributed by atoms with Crippen LogP contribution in [0.3, 0.4) is 0 Å². The number of amides is 1. The van der Waals surface area contributed by atoms with Gasteiger partial charge in [0.25, 0.3) is 0 Å². The maximum absolute atomic E-state index is 12.6. The van der Waals surface area contributed by atoms with E-state index in [0.717, 1.165) is 11.3 Å². The smallest absolute Gasteiger partial charge is 0.326 e. The molecule has 6 nitrogen and oxygen atoms in total. The average Bonchev–Trinajstić information content (AvgIpc) is 2.99. The van der Waals surface area contributed by atoms with Crippen molar-refractivity contribution in [1.29, 1.82) is 0 Å². The van der Waals surface area contributed by atoms with Crippen LogP contribution in [0, 0.1) is 5.92 Å². The van der Waals surface area contributed by atoms with Crippen LogP contribution in [0.4, 0.5) is 0 Å². The van der Waals surface area contributed by atoms with Crippen LogP contribution in [0.1, 0.15) is 18.9 Å². The van der Waals surface area contributed by atoms with Crippen molar-refractivity contribution in [2.24, 2.45) is 5.92 Å². The third-order valence-electron chi connectivity index (χ3n) is 4.29. The first kappa shape index (κ1) is 17.3. The summed E-state index contributed by atoms with van der Waals surface area (Å²) in [4.78, 5) is 25.4. The molecule has 1 amide bonds. The molecule has 6 heteroatoms. The van der Waals surface area contributed by atoms with Crippen molar-refractivity contribution in [1.82, 2.24) is 4.90 Å². The van der Waals surface area contributed by atoms with E-state index in [0.29, 0.717) is 19.4 Å². The fourth-order valence-corrected chi connectivity index (χ4v) is 2.93. The molecule has 23 heavy (non-hydrogen) atoms. The van der Waals surface area contributed by atoms with E-state index >= 15 is 0 Å². The number of carboxylic acid groups (broad SMARTS) is 1. The second-order valence-corrected chi connectivity index (χ2v) is 5.89. The second-order valence-electron chi connectivity index (χ2n) is 5.89. The van der Waals surface area contributed by atoms with Gasteiger partial charge in [0.05, 0.1) is 13.2 Å². The van der Waals surface area contributed by atoms with Crippen molar-refractivity contribution >= 4 is 11.9 Å². The molecule has 3 atom stereocenters. The molecule has 0 spiro atoms. The van der Waals surface area contributed by atoms with Gasteiger partial charge in [-0.05, 0) is 24.1 Å². The summed E-state index contributed by atoms with van der Waals surface area (Å²) in [6.07, 6.45) is 0.684. The van der Waals surface area contributed by atoms with E-state index in [4.69, 9.17) is 9.47 Å². The Morgan fingerprint density at radius 3 is 2.48 bits per heavy atom. The van der Waals surface area contributed by atoms with E-state index in [1.807, 2.05) is 31.2 Å². The van der Waals surface area contributed by atoms with Gasteiger partial charge in [-0.15, -0.1) is 0 Å². The minimum absolute atomic E-state index is 0.146. The minimum Gasteiger partial charge on any atom is -0.497 e. The molecule has 0 bridgehead atoms. The summed E-state index contributed by atoms with van der Waals surface area (Å²) in [6.45, 7) is 2.16. The summed E-state index contributed by atoms with van der Waals surface area (Å²) in [5.41, 5.74) is 1.01. The Balaban J connectivity index is 2.04. The summed E-state index contributed by atoms with van der Waals surface area (Å²) >= 11 is 0. The van der Waals surface area contributed by atoms with E-state index in [-0.39, 0.29) is 17.9 Å². The lowest BCUT2D eigenvalue weighted by atomic mass is 9.99. The van der Waals surface area contributed by atoms with Crippen LogP contribution in [0.2, 0.25) is 0 Å². The normalized spacial score (nSPS) is 22.0. The number of carbonyl (C=O) groups excluding carboxylic acids is 1. The molecule has 3 unspecified atom stereocenters. The summed E-state index contributed by atoms with van der Waals surface area (Å²) < 4.78 is 10.3. The van der Waals surface area contributed by atoms with Crippen LogP contribution in [-0.4, -0.2) is 54.8 Å². The third kappa shape index (κ3) is 4.01. The van der Waals surface area contributed by atoms with Crippen molar-refractivity contribution in [2.45, 2.75) is 31.9 Å². The number of hydrogen-bond donors (Lipinski definition) is 1. The SMILES string of the molecule is COc1ccc(CC(C)C(=O)N2CC(OC)CC2C(=O)O)cc1. The number of carboxylic acids is 1. The Labute approximate surface area is 136 Å². The predicted octanol–water partition coefficient (Wildman–Crippen LogP) is 1.57. The maximum atomic E-state index is 12.6.